The van der Waals surface area contributed by atoms with Crippen LogP contribution in [0, 0.1) is 0 Å². The second-order valence-corrected chi connectivity index (χ2v) is 5.67. The van der Waals surface area contributed by atoms with Crippen molar-refractivity contribution in [3.63, 3.8) is 0 Å². The lowest BCUT2D eigenvalue weighted by Gasteiger charge is -2.14. The third kappa shape index (κ3) is 2.01. The number of anilines is 1. The van der Waals surface area contributed by atoms with Crippen LogP contribution in [0.4, 0.5) is 5.69 Å². The molecule has 2 aromatic rings. The highest BCUT2D eigenvalue weighted by Gasteiger charge is 2.36. The van der Waals surface area contributed by atoms with Crippen molar-refractivity contribution < 1.29 is 9.59 Å². The average molecular weight is 314 g/mol. The van der Waals surface area contributed by atoms with E-state index >= 15 is 0 Å². The fraction of sp³-hybridized carbons (Fsp3) is 0.0909. The van der Waals surface area contributed by atoms with Crippen LogP contribution in [-0.4, -0.2) is 21.3 Å². The van der Waals surface area contributed by atoms with Crippen molar-refractivity contribution in [2.24, 2.45) is 0 Å². The summed E-state index contributed by atoms with van der Waals surface area (Å²) < 4.78 is 4.09. The molecule has 2 heterocycles. The van der Waals surface area contributed by atoms with Gasteiger partial charge in [0.05, 0.1) is 17.8 Å². The molecule has 0 atom stereocenters. The maximum Gasteiger partial charge on any atom is 0.299 e. The second-order valence-electron chi connectivity index (χ2n) is 3.88. The summed E-state index contributed by atoms with van der Waals surface area (Å²) >= 11 is 12.8. The van der Waals surface area contributed by atoms with Gasteiger partial charge in [0.1, 0.15) is 10.0 Å². The number of halogens is 2. The molecule has 1 aliphatic rings. The monoisotopic (exact) mass is 313 g/mol. The molecule has 0 aliphatic carbocycles. The summed E-state index contributed by atoms with van der Waals surface area (Å²) in [5, 5.41) is 4.29. The largest absolute Gasteiger partial charge is 0.299 e. The molecule has 8 heteroatoms. The minimum atomic E-state index is -0.610. The van der Waals surface area contributed by atoms with Crippen molar-refractivity contribution in [2.75, 3.05) is 4.90 Å². The molecular weight excluding hydrogens is 309 g/mol. The van der Waals surface area contributed by atoms with E-state index in [0.29, 0.717) is 26.3 Å². The Kier molecular flexibility index (Phi) is 3.00. The number of nitrogens with zero attached hydrogens (tertiary/aromatic N) is 3. The minimum absolute atomic E-state index is 0.104. The first-order valence-corrected chi connectivity index (χ1v) is 6.73. The lowest BCUT2D eigenvalue weighted by Crippen LogP contribution is -2.29. The van der Waals surface area contributed by atoms with E-state index in [4.69, 9.17) is 23.2 Å². The van der Waals surface area contributed by atoms with Gasteiger partial charge in [-0.25, -0.2) is 0 Å². The van der Waals surface area contributed by atoms with Crippen molar-refractivity contribution in [1.29, 1.82) is 0 Å². The van der Waals surface area contributed by atoms with Gasteiger partial charge in [-0.1, -0.05) is 27.7 Å². The molecule has 19 heavy (non-hydrogen) atoms. The van der Waals surface area contributed by atoms with Gasteiger partial charge in [-0.15, -0.1) is 5.10 Å². The molecule has 1 amide bonds. The van der Waals surface area contributed by atoms with Crippen LogP contribution in [0.1, 0.15) is 16.1 Å². The van der Waals surface area contributed by atoms with E-state index in [9.17, 15) is 9.59 Å². The SMILES string of the molecule is O=C1C(=O)N(Cc2nnsc2Cl)c2cc(Cl)ccc21. The predicted molar refractivity (Wildman–Crippen MR) is 71.9 cm³/mol. The van der Waals surface area contributed by atoms with Gasteiger partial charge in [0.2, 0.25) is 0 Å². The van der Waals surface area contributed by atoms with Crippen LogP contribution >= 0.6 is 34.7 Å². The Morgan fingerprint density at radius 1 is 1.26 bits per heavy atom. The third-order valence-electron chi connectivity index (χ3n) is 2.75. The Balaban J connectivity index is 2.04. The number of hydrogen-bond acceptors (Lipinski definition) is 5. The van der Waals surface area contributed by atoms with Gasteiger partial charge in [-0.3, -0.25) is 14.5 Å². The average Bonchev–Trinajstić information content (AvgIpc) is 2.88. The van der Waals surface area contributed by atoms with Crippen molar-refractivity contribution in [1.82, 2.24) is 9.59 Å². The number of fused-ring (bicyclic) bond motifs is 1. The molecule has 0 saturated carbocycles. The summed E-state index contributed by atoms with van der Waals surface area (Å²) in [6.07, 6.45) is 0. The quantitative estimate of drug-likeness (QED) is 0.799. The summed E-state index contributed by atoms with van der Waals surface area (Å²) in [6, 6.07) is 4.69. The van der Waals surface area contributed by atoms with E-state index < -0.39 is 11.7 Å². The number of rotatable bonds is 2. The zero-order valence-electron chi connectivity index (χ0n) is 9.26. The smallest absolute Gasteiger partial charge is 0.299 e. The number of hydrogen-bond donors (Lipinski definition) is 0. The molecule has 96 valence electrons. The molecule has 0 N–H and O–H groups in total. The molecule has 0 spiro atoms. The number of aromatic nitrogens is 2. The first-order valence-electron chi connectivity index (χ1n) is 5.20. The summed E-state index contributed by atoms with van der Waals surface area (Å²) in [6.45, 7) is 0.104. The fourth-order valence-electron chi connectivity index (χ4n) is 1.87. The maximum absolute atomic E-state index is 12.0. The predicted octanol–water partition coefficient (Wildman–Crippen LogP) is 2.57. The molecule has 0 saturated heterocycles. The standard InChI is InChI=1S/C11H5Cl2N3O2S/c12-5-1-2-6-8(3-5)16(11(18)9(6)17)4-7-10(13)19-15-14-7/h1-3H,4H2. The number of carbonyl (C=O) groups is 2. The molecular formula is C11H5Cl2N3O2S. The van der Waals surface area contributed by atoms with Gasteiger partial charge >= 0.3 is 0 Å². The molecule has 0 bridgehead atoms. The van der Waals surface area contributed by atoms with Crippen molar-refractivity contribution >= 4 is 52.1 Å². The number of ketones is 1. The van der Waals surface area contributed by atoms with Crippen molar-refractivity contribution in [3.8, 4) is 0 Å². The van der Waals surface area contributed by atoms with Gasteiger partial charge in [-0.05, 0) is 18.2 Å². The van der Waals surface area contributed by atoms with Crippen molar-refractivity contribution in [2.45, 2.75) is 6.54 Å². The summed E-state index contributed by atoms with van der Waals surface area (Å²) in [4.78, 5) is 25.1. The van der Waals surface area contributed by atoms with Gasteiger partial charge in [-0.2, -0.15) is 0 Å². The van der Waals surface area contributed by atoms with Crippen molar-refractivity contribution in [3.05, 3.63) is 38.8 Å². The van der Waals surface area contributed by atoms with E-state index in [1.807, 2.05) is 0 Å². The highest BCUT2D eigenvalue weighted by Crippen LogP contribution is 2.33. The maximum atomic E-state index is 12.0. The van der Waals surface area contributed by atoms with Crippen LogP contribution < -0.4 is 4.90 Å². The van der Waals surface area contributed by atoms with E-state index in [1.54, 1.807) is 18.2 Å². The minimum Gasteiger partial charge on any atom is -0.299 e. The first kappa shape index (κ1) is 12.5. The molecule has 0 fully saturated rings. The Labute approximate surface area is 121 Å². The van der Waals surface area contributed by atoms with E-state index in [0.717, 1.165) is 11.5 Å². The van der Waals surface area contributed by atoms with Crippen LogP contribution in [0.5, 0.6) is 0 Å². The summed E-state index contributed by atoms with van der Waals surface area (Å²) in [7, 11) is 0. The lowest BCUT2D eigenvalue weighted by molar-refractivity contribution is -0.114. The Hall–Kier alpha value is -1.50. The van der Waals surface area contributed by atoms with E-state index in [-0.39, 0.29) is 6.54 Å². The summed E-state index contributed by atoms with van der Waals surface area (Å²) in [5.74, 6) is -1.16. The topological polar surface area (TPSA) is 63.2 Å². The van der Waals surface area contributed by atoms with Crippen LogP contribution in [0.15, 0.2) is 18.2 Å². The first-order chi connectivity index (χ1) is 9.08. The highest BCUT2D eigenvalue weighted by atomic mass is 35.5. The molecule has 0 unspecified atom stereocenters. The molecule has 1 aromatic heterocycles. The number of carbonyl (C=O) groups excluding carboxylic acids is 2. The van der Waals surface area contributed by atoms with Gasteiger partial charge in [0.25, 0.3) is 11.7 Å². The normalized spacial score (nSPS) is 14.1. The van der Waals surface area contributed by atoms with Gasteiger partial charge in [0.15, 0.2) is 0 Å². The Morgan fingerprint density at radius 3 is 2.74 bits per heavy atom. The van der Waals surface area contributed by atoms with Crippen LogP contribution in [0.3, 0.4) is 0 Å². The van der Waals surface area contributed by atoms with Crippen LogP contribution in [-0.2, 0) is 11.3 Å². The Bertz CT molecular complexity index is 701. The van der Waals surface area contributed by atoms with Gasteiger partial charge in [0, 0.05) is 16.6 Å². The molecule has 5 nitrogen and oxygen atoms in total. The fourth-order valence-corrected chi connectivity index (χ4v) is 2.64. The van der Waals surface area contributed by atoms with E-state index in [1.165, 1.54) is 4.90 Å². The number of benzene rings is 1. The Morgan fingerprint density at radius 2 is 2.05 bits per heavy atom. The number of amides is 1. The second kappa shape index (κ2) is 4.56. The zero-order chi connectivity index (χ0) is 13.6. The summed E-state index contributed by atoms with van der Waals surface area (Å²) in [5.41, 5.74) is 1.28. The molecule has 3 rings (SSSR count). The highest BCUT2D eigenvalue weighted by molar-refractivity contribution is 7.10. The zero-order valence-corrected chi connectivity index (χ0v) is 11.6. The van der Waals surface area contributed by atoms with Gasteiger partial charge < -0.3 is 0 Å². The number of Topliss-reactive ketones (excluding diaryl/α,β-unsaturated/α-hetero) is 1. The molecule has 0 radical (unpaired) electrons. The van der Waals surface area contributed by atoms with Crippen LogP contribution in [0.2, 0.25) is 9.36 Å². The lowest BCUT2D eigenvalue weighted by atomic mass is 10.1. The molecule has 1 aliphatic heterocycles. The third-order valence-corrected chi connectivity index (χ3v) is 3.97. The van der Waals surface area contributed by atoms with Crippen LogP contribution in [0.25, 0.3) is 0 Å². The van der Waals surface area contributed by atoms with E-state index in [2.05, 4.69) is 9.59 Å². The molecule has 1 aromatic carbocycles.